The molecule has 2 aliphatic heterocycles. The lowest BCUT2D eigenvalue weighted by Crippen LogP contribution is -2.53. The zero-order chi connectivity index (χ0) is 42.9. The molecule has 17 nitrogen and oxygen atoms in total. The van der Waals surface area contributed by atoms with E-state index in [-0.39, 0.29) is 41.5 Å². The van der Waals surface area contributed by atoms with E-state index in [4.69, 9.17) is 9.47 Å². The number of hydrazine groups is 1. The number of phenolic OH excluding ortho intramolecular Hbond substituents is 1. The molecule has 0 unspecified atom stereocenters. The van der Waals surface area contributed by atoms with Crippen LogP contribution in [0.15, 0.2) is 90.5 Å². The second kappa shape index (κ2) is 14.5. The van der Waals surface area contributed by atoms with Crippen LogP contribution in [0.1, 0.15) is 35.4 Å². The minimum absolute atomic E-state index is 0.00337. The number of hydrogen-bond donors (Lipinski definition) is 2. The third-order valence-electron chi connectivity index (χ3n) is 12.4. The maximum atomic E-state index is 15.5. The molecule has 2 saturated heterocycles. The van der Waals surface area contributed by atoms with Crippen LogP contribution in [0.4, 0.5) is 28.4 Å². The quantitative estimate of drug-likeness (QED) is 0.0840. The van der Waals surface area contributed by atoms with Gasteiger partial charge in [-0.25, -0.2) is 4.90 Å². The van der Waals surface area contributed by atoms with Gasteiger partial charge in [0.25, 0.3) is 11.8 Å². The molecule has 8 rings (SSSR count). The normalized spacial score (nSPS) is 24.4. The summed E-state index contributed by atoms with van der Waals surface area (Å²) < 4.78 is 11.1. The number of nitrogens with one attached hydrogen (secondary N) is 1. The highest BCUT2D eigenvalue weighted by molar-refractivity contribution is 6.23. The molecule has 2 aliphatic carbocycles. The predicted octanol–water partition coefficient (Wildman–Crippen LogP) is 5.79. The standard InChI is InChI=1S/C43H40N6O11/c1-22-11-13-25(14-12-22)44-47-40(52)30-21-29-27(36(23-17-33(59-4)38(50)34(18-23)60-5)43(30,42(47)54)24-9-7-6-8-10-24)15-16-28-35(29)41(53)46(39(28)51)26-19-31(48(55)56)37(45(2)3)32(20-26)49(57)58/h6-15,17-20,28-30,35-36,44,50H,16,21H2,1-5H3/t28-,29+,30-,35-,36-,43+/m0/s1. The summed E-state index contributed by atoms with van der Waals surface area (Å²) in [6, 6.07) is 21.1. The molecule has 2 N–H and O–H groups in total. The third kappa shape index (κ3) is 5.74. The molecule has 0 radical (unpaired) electrons. The number of allylic oxidation sites excluding steroid dienone is 2. The number of ether oxygens (including phenoxy) is 2. The molecular weight excluding hydrogens is 777 g/mol. The molecule has 308 valence electrons. The van der Waals surface area contributed by atoms with Crippen molar-refractivity contribution in [3.05, 3.63) is 127 Å². The number of phenols is 1. The summed E-state index contributed by atoms with van der Waals surface area (Å²) in [7, 11) is 5.53. The Morgan fingerprint density at radius 2 is 1.43 bits per heavy atom. The average molecular weight is 817 g/mol. The Labute approximate surface area is 343 Å². The van der Waals surface area contributed by atoms with Crippen LogP contribution in [-0.4, -0.2) is 71.9 Å². The van der Waals surface area contributed by atoms with E-state index in [1.165, 1.54) is 33.2 Å². The van der Waals surface area contributed by atoms with E-state index < -0.39 is 79.9 Å². The number of nitro benzene ring substituents is 2. The smallest absolute Gasteiger partial charge is 0.301 e. The van der Waals surface area contributed by atoms with Crippen LogP contribution in [0, 0.1) is 50.8 Å². The van der Waals surface area contributed by atoms with Gasteiger partial charge in [0.2, 0.25) is 17.6 Å². The number of imide groups is 2. The summed E-state index contributed by atoms with van der Waals surface area (Å²) in [5, 5.41) is 36.6. The maximum absolute atomic E-state index is 15.5. The number of benzene rings is 4. The van der Waals surface area contributed by atoms with Crippen molar-refractivity contribution in [3.63, 3.8) is 0 Å². The Hall–Kier alpha value is -7.30. The van der Waals surface area contributed by atoms with Crippen molar-refractivity contribution in [2.24, 2.45) is 23.7 Å². The van der Waals surface area contributed by atoms with E-state index in [0.29, 0.717) is 22.4 Å². The summed E-state index contributed by atoms with van der Waals surface area (Å²) in [4.78, 5) is 84.7. The Morgan fingerprint density at radius 1 is 0.833 bits per heavy atom. The Balaban J connectivity index is 1.33. The SMILES string of the molecule is COc1cc([C@H]2C3=CC[C@@H]4C(=O)N(c5cc([N+](=O)[O-])c(N(C)C)c([N+](=O)[O-])c5)C(=O)[C@@H]4[C@@H]3C[C@H]3C(=O)N(Nc4ccc(C)cc4)C(=O)[C@@]23c2ccccc2)cc(OC)c1O. The topological polar surface area (TPSA) is 215 Å². The van der Waals surface area contributed by atoms with Gasteiger partial charge in [-0.15, -0.1) is 0 Å². The molecule has 0 bridgehead atoms. The first-order valence-electron chi connectivity index (χ1n) is 19.1. The van der Waals surface area contributed by atoms with E-state index in [2.05, 4.69) is 5.43 Å². The number of carbonyl (C=O) groups excluding carboxylic acids is 4. The minimum Gasteiger partial charge on any atom is -0.502 e. The van der Waals surface area contributed by atoms with Crippen LogP contribution in [0.3, 0.4) is 0 Å². The van der Waals surface area contributed by atoms with Crippen molar-refractivity contribution in [3.8, 4) is 17.2 Å². The van der Waals surface area contributed by atoms with Crippen LogP contribution >= 0.6 is 0 Å². The van der Waals surface area contributed by atoms with Gasteiger partial charge in [-0.3, -0.25) is 44.8 Å². The number of amides is 4. The zero-order valence-electron chi connectivity index (χ0n) is 33.1. The number of aryl methyl sites for hydroxylation is 1. The molecule has 60 heavy (non-hydrogen) atoms. The molecule has 3 fully saturated rings. The largest absolute Gasteiger partial charge is 0.502 e. The second-order valence-electron chi connectivity index (χ2n) is 15.6. The summed E-state index contributed by atoms with van der Waals surface area (Å²) in [5.74, 6) is -7.95. The van der Waals surface area contributed by atoms with E-state index >= 15 is 9.59 Å². The van der Waals surface area contributed by atoms with E-state index in [1.807, 2.05) is 25.1 Å². The molecule has 4 aromatic carbocycles. The number of hydrogen-bond acceptors (Lipinski definition) is 13. The van der Waals surface area contributed by atoms with E-state index in [0.717, 1.165) is 27.6 Å². The number of methoxy groups -OCH3 is 2. The fourth-order valence-electron chi connectivity index (χ4n) is 9.91. The fraction of sp³-hybridized carbons (Fsp3) is 0.302. The average Bonchev–Trinajstić information content (AvgIpc) is 3.61. The van der Waals surface area contributed by atoms with Crippen molar-refractivity contribution in [2.75, 3.05) is 43.5 Å². The number of nitro groups is 2. The van der Waals surface area contributed by atoms with Crippen molar-refractivity contribution in [1.29, 1.82) is 0 Å². The molecule has 2 heterocycles. The zero-order valence-corrected chi connectivity index (χ0v) is 33.1. The van der Waals surface area contributed by atoms with Crippen LogP contribution in [0.2, 0.25) is 0 Å². The minimum atomic E-state index is -1.65. The molecule has 4 aliphatic rings. The molecule has 4 amide bonds. The van der Waals surface area contributed by atoms with Gasteiger partial charge in [-0.1, -0.05) is 59.7 Å². The highest BCUT2D eigenvalue weighted by atomic mass is 16.6. The van der Waals surface area contributed by atoms with Crippen molar-refractivity contribution >= 4 is 52.1 Å². The number of anilines is 3. The number of fused-ring (bicyclic) bond motifs is 4. The van der Waals surface area contributed by atoms with Gasteiger partial charge in [0, 0.05) is 32.1 Å². The molecule has 0 spiro atoms. The van der Waals surface area contributed by atoms with Gasteiger partial charge in [0.15, 0.2) is 17.2 Å². The molecule has 6 atom stereocenters. The maximum Gasteiger partial charge on any atom is 0.301 e. The van der Waals surface area contributed by atoms with Crippen molar-refractivity contribution in [2.45, 2.75) is 31.1 Å². The Bertz CT molecular complexity index is 2480. The van der Waals surface area contributed by atoms with Crippen LogP contribution in [-0.2, 0) is 24.6 Å². The molecular formula is C43H40N6O11. The summed E-state index contributed by atoms with van der Waals surface area (Å²) >= 11 is 0. The number of carbonyl (C=O) groups is 4. The predicted molar refractivity (Wildman–Crippen MR) is 217 cm³/mol. The van der Waals surface area contributed by atoms with Crippen molar-refractivity contribution in [1.82, 2.24) is 5.01 Å². The summed E-state index contributed by atoms with van der Waals surface area (Å²) in [6.07, 6.45) is 1.75. The summed E-state index contributed by atoms with van der Waals surface area (Å²) in [6.45, 7) is 1.90. The first-order chi connectivity index (χ1) is 28.6. The van der Waals surface area contributed by atoms with Gasteiger partial charge >= 0.3 is 11.4 Å². The highest BCUT2D eigenvalue weighted by Crippen LogP contribution is 2.65. The highest BCUT2D eigenvalue weighted by Gasteiger charge is 2.70. The van der Waals surface area contributed by atoms with Crippen molar-refractivity contribution < 1.29 is 43.6 Å². The fourth-order valence-corrected chi connectivity index (χ4v) is 9.91. The van der Waals surface area contributed by atoms with Gasteiger partial charge < -0.3 is 19.5 Å². The molecule has 0 aromatic heterocycles. The van der Waals surface area contributed by atoms with Crippen LogP contribution in [0.5, 0.6) is 17.2 Å². The lowest BCUT2D eigenvalue weighted by atomic mass is 9.49. The second-order valence-corrected chi connectivity index (χ2v) is 15.6. The third-order valence-corrected chi connectivity index (χ3v) is 12.4. The first kappa shape index (κ1) is 39.5. The number of aromatic hydroxyl groups is 1. The van der Waals surface area contributed by atoms with Gasteiger partial charge in [-0.2, -0.15) is 5.01 Å². The van der Waals surface area contributed by atoms with Crippen LogP contribution in [0.25, 0.3) is 0 Å². The monoisotopic (exact) mass is 816 g/mol. The molecule has 17 heteroatoms. The van der Waals surface area contributed by atoms with Gasteiger partial charge in [0.1, 0.15) is 0 Å². The van der Waals surface area contributed by atoms with E-state index in [9.17, 15) is 34.9 Å². The lowest BCUT2D eigenvalue weighted by molar-refractivity contribution is -0.392. The lowest BCUT2D eigenvalue weighted by Gasteiger charge is -2.50. The van der Waals surface area contributed by atoms with Gasteiger partial charge in [0.05, 0.1) is 58.6 Å². The molecule has 4 aromatic rings. The van der Waals surface area contributed by atoms with E-state index in [1.54, 1.807) is 54.6 Å². The van der Waals surface area contributed by atoms with Gasteiger partial charge in [-0.05, 0) is 61.1 Å². The van der Waals surface area contributed by atoms with Crippen LogP contribution < -0.4 is 24.7 Å². The number of nitrogens with zero attached hydrogens (tertiary/aromatic N) is 5. The Morgan fingerprint density at radius 3 is 1.98 bits per heavy atom. The summed E-state index contributed by atoms with van der Waals surface area (Å²) in [5.41, 5.74) is 2.35. The molecule has 1 saturated carbocycles. The Kier molecular flexibility index (Phi) is 9.56. The first-order valence-corrected chi connectivity index (χ1v) is 19.1. The number of rotatable bonds is 10.